The minimum atomic E-state index is -0.186. The van der Waals surface area contributed by atoms with E-state index in [4.69, 9.17) is 4.74 Å². The van der Waals surface area contributed by atoms with E-state index in [9.17, 15) is 14.4 Å². The first-order valence-corrected chi connectivity index (χ1v) is 10.7. The minimum absolute atomic E-state index is 0.00322. The van der Waals surface area contributed by atoms with Crippen molar-refractivity contribution in [3.8, 4) is 5.69 Å². The molecule has 1 aromatic carbocycles. The van der Waals surface area contributed by atoms with Gasteiger partial charge in [0.1, 0.15) is 5.82 Å². The number of aromatic nitrogens is 2. The molecule has 0 atom stereocenters. The molecule has 9 nitrogen and oxygen atoms in total. The van der Waals surface area contributed by atoms with Gasteiger partial charge in [0.2, 0.25) is 11.8 Å². The molecule has 0 saturated carbocycles. The van der Waals surface area contributed by atoms with Crippen LogP contribution in [0, 0.1) is 0 Å². The molecule has 0 N–H and O–H groups in total. The van der Waals surface area contributed by atoms with Crippen LogP contribution in [0.4, 0.5) is 5.82 Å². The van der Waals surface area contributed by atoms with Gasteiger partial charge in [0, 0.05) is 58.2 Å². The van der Waals surface area contributed by atoms with Crippen molar-refractivity contribution >= 4 is 17.6 Å². The second-order valence-corrected chi connectivity index (χ2v) is 7.64. The van der Waals surface area contributed by atoms with E-state index in [2.05, 4.69) is 10.00 Å². The van der Waals surface area contributed by atoms with Crippen molar-refractivity contribution in [1.82, 2.24) is 19.6 Å². The van der Waals surface area contributed by atoms with Gasteiger partial charge in [0.05, 0.1) is 18.9 Å². The van der Waals surface area contributed by atoms with Crippen molar-refractivity contribution in [3.63, 3.8) is 0 Å². The van der Waals surface area contributed by atoms with E-state index in [0.29, 0.717) is 64.0 Å². The number of para-hydroxylation sites is 1. The Hall–Kier alpha value is -3.20. The van der Waals surface area contributed by atoms with Crippen LogP contribution in [-0.4, -0.2) is 83.9 Å². The molecule has 2 aliphatic rings. The number of hydrogen-bond acceptors (Lipinski definition) is 6. The van der Waals surface area contributed by atoms with Crippen LogP contribution in [0.5, 0.6) is 0 Å². The van der Waals surface area contributed by atoms with Crippen LogP contribution in [0.1, 0.15) is 12.8 Å². The number of carbonyl (C=O) groups is 2. The van der Waals surface area contributed by atoms with Crippen molar-refractivity contribution < 1.29 is 14.3 Å². The molecule has 2 fully saturated rings. The highest BCUT2D eigenvalue weighted by Crippen LogP contribution is 2.14. The smallest absolute Gasteiger partial charge is 0.271 e. The fraction of sp³-hybridized carbons (Fsp3) is 0.455. The van der Waals surface area contributed by atoms with E-state index in [1.807, 2.05) is 30.3 Å². The summed E-state index contributed by atoms with van der Waals surface area (Å²) in [4.78, 5) is 42.7. The van der Waals surface area contributed by atoms with Gasteiger partial charge < -0.3 is 19.4 Å². The summed E-state index contributed by atoms with van der Waals surface area (Å²) in [5.41, 5.74) is 0.529. The largest absolute Gasteiger partial charge is 0.378 e. The Kier molecular flexibility index (Phi) is 6.61. The fourth-order valence-corrected chi connectivity index (χ4v) is 3.85. The van der Waals surface area contributed by atoms with Gasteiger partial charge in [-0.1, -0.05) is 18.2 Å². The number of morpholine rings is 1. The summed E-state index contributed by atoms with van der Waals surface area (Å²) < 4.78 is 6.65. The quantitative estimate of drug-likeness (QED) is 0.694. The fourth-order valence-electron chi connectivity index (χ4n) is 3.85. The van der Waals surface area contributed by atoms with Gasteiger partial charge >= 0.3 is 0 Å². The van der Waals surface area contributed by atoms with E-state index in [1.54, 1.807) is 15.9 Å². The zero-order chi connectivity index (χ0) is 21.6. The normalized spacial score (nSPS) is 17.0. The Morgan fingerprint density at radius 3 is 2.06 bits per heavy atom. The van der Waals surface area contributed by atoms with Crippen LogP contribution in [0.15, 0.2) is 47.3 Å². The number of anilines is 1. The van der Waals surface area contributed by atoms with Crippen molar-refractivity contribution in [2.45, 2.75) is 12.8 Å². The molecule has 2 amide bonds. The Morgan fingerprint density at radius 2 is 1.42 bits per heavy atom. The lowest BCUT2D eigenvalue weighted by Crippen LogP contribution is -2.49. The molecule has 2 aromatic rings. The molecule has 4 rings (SSSR count). The maximum atomic E-state index is 12.6. The van der Waals surface area contributed by atoms with Crippen LogP contribution in [-0.2, 0) is 14.3 Å². The summed E-state index contributed by atoms with van der Waals surface area (Å²) in [5.74, 6) is 0.726. The topological polar surface area (TPSA) is 88.0 Å². The summed E-state index contributed by atoms with van der Waals surface area (Å²) in [6.07, 6.45) is 0.468. The summed E-state index contributed by atoms with van der Waals surface area (Å²) in [7, 11) is 0. The lowest BCUT2D eigenvalue weighted by Gasteiger charge is -2.35. The molecule has 2 saturated heterocycles. The number of carbonyl (C=O) groups excluding carboxylic acids is 2. The zero-order valence-electron chi connectivity index (χ0n) is 17.5. The molecule has 164 valence electrons. The van der Waals surface area contributed by atoms with Crippen LogP contribution in [0.25, 0.3) is 5.69 Å². The predicted octanol–water partition coefficient (Wildman–Crippen LogP) is 0.520. The van der Waals surface area contributed by atoms with E-state index >= 15 is 0 Å². The lowest BCUT2D eigenvalue weighted by molar-refractivity contribution is -0.139. The molecule has 0 aliphatic carbocycles. The third-order valence-electron chi connectivity index (χ3n) is 5.66. The van der Waals surface area contributed by atoms with Crippen molar-refractivity contribution in [3.05, 3.63) is 52.8 Å². The monoisotopic (exact) mass is 425 g/mol. The van der Waals surface area contributed by atoms with Crippen LogP contribution < -0.4 is 10.5 Å². The van der Waals surface area contributed by atoms with Gasteiger partial charge in [-0.2, -0.15) is 4.68 Å². The highest BCUT2D eigenvalue weighted by Gasteiger charge is 2.24. The van der Waals surface area contributed by atoms with Gasteiger partial charge in [-0.05, 0) is 18.2 Å². The van der Waals surface area contributed by atoms with Gasteiger partial charge in [0.15, 0.2) is 0 Å². The second-order valence-electron chi connectivity index (χ2n) is 7.64. The summed E-state index contributed by atoms with van der Waals surface area (Å²) in [5, 5.41) is 4.51. The molecular weight excluding hydrogens is 398 g/mol. The zero-order valence-corrected chi connectivity index (χ0v) is 17.5. The molecule has 0 spiro atoms. The molecule has 31 heavy (non-hydrogen) atoms. The highest BCUT2D eigenvalue weighted by atomic mass is 16.5. The van der Waals surface area contributed by atoms with E-state index in [-0.39, 0.29) is 30.2 Å². The number of nitrogens with zero attached hydrogens (tertiary/aromatic N) is 5. The molecule has 1 aromatic heterocycles. The number of benzene rings is 1. The van der Waals surface area contributed by atoms with Crippen LogP contribution in [0.2, 0.25) is 0 Å². The van der Waals surface area contributed by atoms with Crippen LogP contribution >= 0.6 is 0 Å². The first-order chi connectivity index (χ1) is 15.1. The van der Waals surface area contributed by atoms with Gasteiger partial charge in [-0.25, -0.2) is 0 Å². The Bertz CT molecular complexity index is 963. The molecule has 3 heterocycles. The summed E-state index contributed by atoms with van der Waals surface area (Å²) in [6, 6.07) is 12.5. The summed E-state index contributed by atoms with van der Waals surface area (Å²) >= 11 is 0. The minimum Gasteiger partial charge on any atom is -0.378 e. The van der Waals surface area contributed by atoms with Crippen molar-refractivity contribution in [1.29, 1.82) is 0 Å². The maximum absolute atomic E-state index is 12.6. The molecular formula is C22H27N5O4. The number of amides is 2. The van der Waals surface area contributed by atoms with Crippen molar-refractivity contribution in [2.24, 2.45) is 0 Å². The number of rotatable bonds is 5. The SMILES string of the molecule is O=C(CCC(=O)N1CCN(c2ccc(=O)n(-c3ccccc3)n2)CC1)N1CCOCC1. The van der Waals surface area contributed by atoms with E-state index in [1.165, 1.54) is 10.7 Å². The standard InChI is InChI=1S/C22H27N5O4/c28-20(8-9-21(29)26-14-16-31-17-15-26)25-12-10-24(11-13-25)19-6-7-22(30)27(23-19)18-4-2-1-3-5-18/h1-7H,8-17H2. The van der Waals surface area contributed by atoms with Gasteiger partial charge in [-0.15, -0.1) is 5.10 Å². The Labute approximate surface area is 180 Å². The molecule has 0 radical (unpaired) electrons. The van der Waals surface area contributed by atoms with Crippen molar-refractivity contribution in [2.75, 3.05) is 57.4 Å². The van der Waals surface area contributed by atoms with E-state index in [0.717, 1.165) is 0 Å². The molecule has 9 heteroatoms. The number of hydrogen-bond donors (Lipinski definition) is 0. The highest BCUT2D eigenvalue weighted by molar-refractivity contribution is 5.84. The Balaban J connectivity index is 1.31. The molecule has 0 unspecified atom stereocenters. The third-order valence-corrected chi connectivity index (χ3v) is 5.66. The lowest BCUT2D eigenvalue weighted by atomic mass is 10.2. The average Bonchev–Trinajstić information content (AvgIpc) is 2.84. The first kappa shape index (κ1) is 21.0. The second kappa shape index (κ2) is 9.74. The maximum Gasteiger partial charge on any atom is 0.271 e. The number of piperazine rings is 1. The summed E-state index contributed by atoms with van der Waals surface area (Å²) in [6.45, 7) is 4.72. The first-order valence-electron chi connectivity index (χ1n) is 10.7. The van der Waals surface area contributed by atoms with Crippen LogP contribution in [0.3, 0.4) is 0 Å². The molecule has 0 bridgehead atoms. The predicted molar refractivity (Wildman–Crippen MR) is 115 cm³/mol. The number of ether oxygens (including phenoxy) is 1. The average molecular weight is 425 g/mol. The molecule has 2 aliphatic heterocycles. The van der Waals surface area contributed by atoms with Gasteiger partial charge in [-0.3, -0.25) is 14.4 Å². The van der Waals surface area contributed by atoms with Gasteiger partial charge in [0.25, 0.3) is 5.56 Å². The third kappa shape index (κ3) is 5.11. The Morgan fingerprint density at radius 1 is 0.806 bits per heavy atom. The van der Waals surface area contributed by atoms with E-state index < -0.39 is 0 Å².